The van der Waals surface area contributed by atoms with Crippen molar-refractivity contribution in [3.63, 3.8) is 0 Å². The van der Waals surface area contributed by atoms with Crippen molar-refractivity contribution in [1.82, 2.24) is 5.32 Å². The van der Waals surface area contributed by atoms with Crippen LogP contribution in [0, 0.1) is 13.8 Å². The first-order chi connectivity index (χ1) is 14.0. The maximum absolute atomic E-state index is 13.1. The van der Waals surface area contributed by atoms with Gasteiger partial charge in [-0.3, -0.25) is 14.4 Å². The molecule has 1 saturated carbocycles. The van der Waals surface area contributed by atoms with Crippen molar-refractivity contribution in [2.45, 2.75) is 58.4 Å². The van der Waals surface area contributed by atoms with Gasteiger partial charge in [0, 0.05) is 11.6 Å². The molecular weight excluding hydrogens is 364 g/mol. The zero-order valence-electron chi connectivity index (χ0n) is 17.0. The quantitative estimate of drug-likeness (QED) is 0.617. The van der Waals surface area contributed by atoms with Gasteiger partial charge in [-0.25, -0.2) is 4.90 Å². The number of benzene rings is 2. The van der Waals surface area contributed by atoms with Crippen LogP contribution >= 0.6 is 0 Å². The van der Waals surface area contributed by atoms with E-state index in [-0.39, 0.29) is 23.8 Å². The van der Waals surface area contributed by atoms with Crippen LogP contribution in [0.15, 0.2) is 36.4 Å². The number of nitrogens with zero attached hydrogens (tertiary/aromatic N) is 1. The molecule has 2 aromatic rings. The first kappa shape index (κ1) is 19.4. The largest absolute Gasteiger partial charge is 0.349 e. The number of imide groups is 1. The molecule has 0 radical (unpaired) electrons. The molecule has 4 rings (SSSR count). The first-order valence-corrected chi connectivity index (χ1v) is 10.4. The molecule has 2 aromatic carbocycles. The van der Waals surface area contributed by atoms with E-state index in [0.717, 1.165) is 36.8 Å². The number of hydrogen-bond donors (Lipinski definition) is 1. The smallest absolute Gasteiger partial charge is 0.266 e. The molecule has 5 nitrogen and oxygen atoms in total. The number of fused-ring (bicyclic) bond motifs is 1. The predicted octanol–water partition coefficient (Wildman–Crippen LogP) is 4.56. The lowest BCUT2D eigenvalue weighted by Gasteiger charge is -2.17. The highest BCUT2D eigenvalue weighted by molar-refractivity contribution is 6.35. The molecule has 1 N–H and O–H groups in total. The number of rotatable bonds is 3. The number of hydrogen-bond acceptors (Lipinski definition) is 3. The minimum absolute atomic E-state index is 0.176. The molecule has 0 atom stereocenters. The monoisotopic (exact) mass is 390 g/mol. The molecule has 29 heavy (non-hydrogen) atoms. The summed E-state index contributed by atoms with van der Waals surface area (Å²) in [6.07, 6.45) is 6.69. The predicted molar refractivity (Wildman–Crippen MR) is 112 cm³/mol. The van der Waals surface area contributed by atoms with Gasteiger partial charge in [-0.2, -0.15) is 0 Å². The molecule has 0 aromatic heterocycles. The highest BCUT2D eigenvalue weighted by Gasteiger charge is 2.38. The van der Waals surface area contributed by atoms with Crippen LogP contribution in [0.2, 0.25) is 0 Å². The minimum Gasteiger partial charge on any atom is -0.349 e. The van der Waals surface area contributed by atoms with Crippen LogP contribution in [0.4, 0.5) is 5.69 Å². The molecule has 1 aliphatic heterocycles. The zero-order chi connectivity index (χ0) is 20.5. The second-order valence-electron chi connectivity index (χ2n) is 8.16. The van der Waals surface area contributed by atoms with Gasteiger partial charge in [0.05, 0.1) is 16.8 Å². The van der Waals surface area contributed by atoms with Crippen LogP contribution in [0.3, 0.4) is 0 Å². The Labute approximate surface area is 171 Å². The van der Waals surface area contributed by atoms with Gasteiger partial charge in [-0.15, -0.1) is 0 Å². The van der Waals surface area contributed by atoms with Gasteiger partial charge >= 0.3 is 0 Å². The third-order valence-electron chi connectivity index (χ3n) is 5.94. The van der Waals surface area contributed by atoms with Gasteiger partial charge < -0.3 is 5.32 Å². The normalized spacial score (nSPS) is 17.2. The Kier molecular flexibility index (Phi) is 5.22. The number of amides is 3. The van der Waals surface area contributed by atoms with Crippen LogP contribution in [-0.2, 0) is 0 Å². The Hall–Kier alpha value is -2.95. The van der Waals surface area contributed by atoms with E-state index in [1.807, 2.05) is 32.0 Å². The Balaban J connectivity index is 1.60. The number of nitrogens with one attached hydrogen (secondary N) is 1. The molecule has 0 unspecified atom stereocenters. The molecule has 0 spiro atoms. The van der Waals surface area contributed by atoms with Crippen molar-refractivity contribution in [2.24, 2.45) is 0 Å². The number of carbonyl (C=O) groups excluding carboxylic acids is 3. The van der Waals surface area contributed by atoms with E-state index in [9.17, 15) is 14.4 Å². The summed E-state index contributed by atoms with van der Waals surface area (Å²) in [7, 11) is 0. The fourth-order valence-electron chi connectivity index (χ4n) is 4.25. The van der Waals surface area contributed by atoms with Crippen molar-refractivity contribution < 1.29 is 14.4 Å². The Morgan fingerprint density at radius 3 is 2.31 bits per heavy atom. The topological polar surface area (TPSA) is 66.5 Å². The summed E-state index contributed by atoms with van der Waals surface area (Å²) >= 11 is 0. The minimum atomic E-state index is -0.372. The standard InChI is InChI=1S/C24H26N2O3/c1-15-9-10-16(2)21(13-15)26-23(28)19-12-11-17(14-20(19)24(26)29)22(27)25-18-7-5-3-4-6-8-18/h9-14,18H,3-8H2,1-2H3,(H,25,27). The summed E-state index contributed by atoms with van der Waals surface area (Å²) < 4.78 is 0. The van der Waals surface area contributed by atoms with Crippen molar-refractivity contribution >= 4 is 23.4 Å². The van der Waals surface area contributed by atoms with Crippen LogP contribution in [-0.4, -0.2) is 23.8 Å². The highest BCUT2D eigenvalue weighted by atomic mass is 16.2. The Morgan fingerprint density at radius 2 is 1.59 bits per heavy atom. The molecule has 0 saturated heterocycles. The SMILES string of the molecule is Cc1ccc(C)c(N2C(=O)c3ccc(C(=O)NC4CCCCCC4)cc3C2=O)c1. The van der Waals surface area contributed by atoms with E-state index >= 15 is 0 Å². The maximum atomic E-state index is 13.1. The van der Waals surface area contributed by atoms with E-state index in [1.54, 1.807) is 18.2 Å². The average molecular weight is 390 g/mol. The first-order valence-electron chi connectivity index (χ1n) is 10.4. The summed E-state index contributed by atoms with van der Waals surface area (Å²) in [5.41, 5.74) is 3.51. The molecule has 5 heteroatoms. The molecule has 150 valence electrons. The van der Waals surface area contributed by atoms with Crippen LogP contribution in [0.1, 0.15) is 80.7 Å². The van der Waals surface area contributed by atoms with Crippen molar-refractivity contribution in [3.05, 3.63) is 64.2 Å². The summed E-state index contributed by atoms with van der Waals surface area (Å²) in [5, 5.41) is 3.10. The van der Waals surface area contributed by atoms with E-state index in [0.29, 0.717) is 22.4 Å². The van der Waals surface area contributed by atoms with E-state index in [1.165, 1.54) is 17.7 Å². The van der Waals surface area contributed by atoms with E-state index < -0.39 is 0 Å². The van der Waals surface area contributed by atoms with Crippen molar-refractivity contribution in [2.75, 3.05) is 4.90 Å². The van der Waals surface area contributed by atoms with Crippen LogP contribution in [0.5, 0.6) is 0 Å². The third-order valence-corrected chi connectivity index (χ3v) is 5.94. The van der Waals surface area contributed by atoms with E-state index in [4.69, 9.17) is 0 Å². The van der Waals surface area contributed by atoms with Crippen LogP contribution < -0.4 is 10.2 Å². The second kappa shape index (κ2) is 7.82. The number of carbonyl (C=O) groups is 3. The van der Waals surface area contributed by atoms with Crippen molar-refractivity contribution in [1.29, 1.82) is 0 Å². The van der Waals surface area contributed by atoms with Gasteiger partial charge in [-0.1, -0.05) is 37.8 Å². The van der Waals surface area contributed by atoms with Crippen LogP contribution in [0.25, 0.3) is 0 Å². The molecule has 1 aliphatic carbocycles. The summed E-state index contributed by atoms with van der Waals surface area (Å²) in [5.74, 6) is -0.887. The fourth-order valence-corrected chi connectivity index (χ4v) is 4.25. The molecular formula is C24H26N2O3. The van der Waals surface area contributed by atoms with Gasteiger partial charge in [0.1, 0.15) is 0 Å². The van der Waals surface area contributed by atoms with Gasteiger partial charge in [-0.05, 0) is 62.1 Å². The molecule has 1 fully saturated rings. The van der Waals surface area contributed by atoms with E-state index in [2.05, 4.69) is 5.32 Å². The molecule has 0 bridgehead atoms. The number of anilines is 1. The van der Waals surface area contributed by atoms with Gasteiger partial charge in [0.25, 0.3) is 17.7 Å². The molecule has 2 aliphatic rings. The van der Waals surface area contributed by atoms with Gasteiger partial charge in [0.15, 0.2) is 0 Å². The molecule has 3 amide bonds. The summed E-state index contributed by atoms with van der Waals surface area (Å²) in [6.45, 7) is 3.81. The lowest BCUT2D eigenvalue weighted by Crippen LogP contribution is -2.34. The highest BCUT2D eigenvalue weighted by Crippen LogP contribution is 2.32. The average Bonchev–Trinajstić information content (AvgIpc) is 2.86. The number of aryl methyl sites for hydroxylation is 2. The second-order valence-corrected chi connectivity index (χ2v) is 8.16. The summed E-state index contributed by atoms with van der Waals surface area (Å²) in [4.78, 5) is 39.9. The summed E-state index contributed by atoms with van der Waals surface area (Å²) in [6, 6.07) is 10.7. The lowest BCUT2D eigenvalue weighted by atomic mass is 10.0. The maximum Gasteiger partial charge on any atom is 0.266 e. The van der Waals surface area contributed by atoms with Crippen molar-refractivity contribution in [3.8, 4) is 0 Å². The van der Waals surface area contributed by atoms with Gasteiger partial charge in [0.2, 0.25) is 0 Å². The lowest BCUT2D eigenvalue weighted by molar-refractivity contribution is 0.0920. The zero-order valence-corrected chi connectivity index (χ0v) is 17.0. The fraction of sp³-hybridized carbons (Fsp3) is 0.375. The molecule has 1 heterocycles. The Bertz CT molecular complexity index is 988. The Morgan fingerprint density at radius 1 is 0.897 bits per heavy atom. The third kappa shape index (κ3) is 3.69.